The molecule has 126 valence electrons. The molecule has 23 heavy (non-hydrogen) atoms. The molecule has 5 nitrogen and oxygen atoms in total. The first-order valence-electron chi connectivity index (χ1n) is 8.22. The lowest BCUT2D eigenvalue weighted by Gasteiger charge is -2.28. The normalized spacial score (nSPS) is 23.6. The van der Waals surface area contributed by atoms with Crippen molar-refractivity contribution in [1.82, 2.24) is 10.2 Å². The first-order valence-corrected chi connectivity index (χ1v) is 8.22. The molecular weight excluding hydrogens is 292 g/mol. The van der Waals surface area contributed by atoms with Crippen molar-refractivity contribution in [2.24, 2.45) is 0 Å². The summed E-state index contributed by atoms with van der Waals surface area (Å²) in [6, 6.07) is 10.9. The quantitative estimate of drug-likeness (QED) is 0.849. The molecule has 0 aliphatic carbocycles. The molecule has 0 spiro atoms. The second-order valence-corrected chi connectivity index (χ2v) is 6.17. The molecule has 1 aliphatic rings. The zero-order valence-corrected chi connectivity index (χ0v) is 14.1. The molecule has 5 heteroatoms. The lowest BCUT2D eigenvalue weighted by atomic mass is 9.92. The van der Waals surface area contributed by atoms with Crippen LogP contribution in [0.4, 0.5) is 4.79 Å². The average Bonchev–Trinajstić information content (AvgIpc) is 2.86. The van der Waals surface area contributed by atoms with Crippen LogP contribution in [0.1, 0.15) is 44.6 Å². The van der Waals surface area contributed by atoms with Crippen molar-refractivity contribution in [3.63, 3.8) is 0 Å². The molecule has 1 N–H and O–H groups in total. The molecule has 1 aliphatic heterocycles. The van der Waals surface area contributed by atoms with Crippen molar-refractivity contribution in [2.45, 2.75) is 51.1 Å². The van der Waals surface area contributed by atoms with Crippen molar-refractivity contribution in [1.29, 1.82) is 0 Å². The van der Waals surface area contributed by atoms with Gasteiger partial charge in [-0.2, -0.15) is 0 Å². The molecule has 0 radical (unpaired) electrons. The number of ether oxygens (including phenoxy) is 1. The number of hydrogen-bond donors (Lipinski definition) is 1. The number of benzene rings is 1. The zero-order chi connectivity index (χ0) is 16.8. The summed E-state index contributed by atoms with van der Waals surface area (Å²) in [6.07, 6.45) is 1.61. The largest absolute Gasteiger partial charge is 0.453 e. The van der Waals surface area contributed by atoms with Crippen LogP contribution in [0.15, 0.2) is 30.3 Å². The molecule has 2 rings (SSSR count). The Balaban J connectivity index is 1.89. The number of nitrogens with zero attached hydrogens (tertiary/aromatic N) is 1. The third-order valence-electron chi connectivity index (χ3n) is 4.63. The first kappa shape index (κ1) is 17.3. The summed E-state index contributed by atoms with van der Waals surface area (Å²) >= 11 is 0. The average molecular weight is 318 g/mol. The molecule has 0 saturated carbocycles. The summed E-state index contributed by atoms with van der Waals surface area (Å²) in [4.78, 5) is 25.5. The minimum absolute atomic E-state index is 0.162. The molecule has 0 aromatic heterocycles. The van der Waals surface area contributed by atoms with Crippen LogP contribution < -0.4 is 5.32 Å². The minimum atomic E-state index is -0.454. The van der Waals surface area contributed by atoms with Gasteiger partial charge in [0.15, 0.2) is 0 Å². The Kier molecular flexibility index (Phi) is 6.02. The number of hydrogen-bond acceptors (Lipinski definition) is 3. The molecular formula is C18H26N2O3. The molecule has 0 unspecified atom stereocenters. The molecule has 1 aromatic carbocycles. The van der Waals surface area contributed by atoms with Crippen LogP contribution in [0.2, 0.25) is 0 Å². The van der Waals surface area contributed by atoms with E-state index in [1.165, 1.54) is 12.7 Å². The predicted molar refractivity (Wildman–Crippen MR) is 89.2 cm³/mol. The highest BCUT2D eigenvalue weighted by Gasteiger charge is 2.39. The van der Waals surface area contributed by atoms with E-state index < -0.39 is 6.09 Å². The molecule has 1 saturated heterocycles. The summed E-state index contributed by atoms with van der Waals surface area (Å²) in [6.45, 7) is 4.70. The van der Waals surface area contributed by atoms with Gasteiger partial charge in [-0.15, -0.1) is 0 Å². The summed E-state index contributed by atoms with van der Waals surface area (Å²) < 4.78 is 4.51. The molecule has 0 bridgehead atoms. The third-order valence-corrected chi connectivity index (χ3v) is 4.63. The van der Waals surface area contributed by atoms with E-state index in [0.29, 0.717) is 25.3 Å². The summed E-state index contributed by atoms with van der Waals surface area (Å²) in [5.74, 6) is 0.554. The van der Waals surface area contributed by atoms with E-state index in [0.717, 1.165) is 6.42 Å². The van der Waals surface area contributed by atoms with Gasteiger partial charge in [0.1, 0.15) is 0 Å². The smallest absolute Gasteiger partial charge is 0.406 e. The standard InChI is InChI=1S/C18H26N2O3/c1-13-12-16(15-8-5-4-6-9-15)14(2)20(13)17(21)10-7-11-19-18(22)23-3/h4-6,8-9,13-14,16H,7,10-12H2,1-3H3,(H,19,22)/t13-,14-,16-/m1/s1. The number of nitrogens with one attached hydrogen (secondary N) is 1. The lowest BCUT2D eigenvalue weighted by Crippen LogP contribution is -2.39. The fraction of sp³-hybridized carbons (Fsp3) is 0.556. The zero-order valence-electron chi connectivity index (χ0n) is 14.1. The fourth-order valence-electron chi connectivity index (χ4n) is 3.49. The van der Waals surface area contributed by atoms with Crippen molar-refractivity contribution in [3.05, 3.63) is 35.9 Å². The van der Waals surface area contributed by atoms with Crippen LogP contribution in [-0.4, -0.2) is 42.6 Å². The Morgan fingerprint density at radius 2 is 1.96 bits per heavy atom. The Bertz CT molecular complexity index is 532. The molecule has 1 aromatic rings. The van der Waals surface area contributed by atoms with E-state index in [1.807, 2.05) is 11.0 Å². The molecule has 3 atom stereocenters. The van der Waals surface area contributed by atoms with Gasteiger partial charge in [-0.05, 0) is 32.3 Å². The van der Waals surface area contributed by atoms with Gasteiger partial charge in [0, 0.05) is 31.0 Å². The second-order valence-electron chi connectivity index (χ2n) is 6.17. The van der Waals surface area contributed by atoms with Crippen molar-refractivity contribution in [2.75, 3.05) is 13.7 Å². The van der Waals surface area contributed by atoms with Crippen molar-refractivity contribution >= 4 is 12.0 Å². The third kappa shape index (κ3) is 4.24. The highest BCUT2D eigenvalue weighted by molar-refractivity contribution is 5.77. The van der Waals surface area contributed by atoms with Crippen LogP contribution in [-0.2, 0) is 9.53 Å². The van der Waals surface area contributed by atoms with Gasteiger partial charge in [0.05, 0.1) is 7.11 Å². The Labute approximate surface area is 138 Å². The van der Waals surface area contributed by atoms with Gasteiger partial charge in [0.25, 0.3) is 0 Å². The summed E-state index contributed by atoms with van der Waals surface area (Å²) in [5, 5.41) is 2.60. The molecule has 1 fully saturated rings. The molecule has 1 heterocycles. The second kappa shape index (κ2) is 7.99. The minimum Gasteiger partial charge on any atom is -0.453 e. The van der Waals surface area contributed by atoms with Gasteiger partial charge in [-0.25, -0.2) is 4.79 Å². The number of likely N-dealkylation sites (tertiary alicyclic amines) is 1. The van der Waals surface area contributed by atoms with E-state index in [2.05, 4.69) is 48.2 Å². The van der Waals surface area contributed by atoms with Crippen LogP contribution >= 0.6 is 0 Å². The van der Waals surface area contributed by atoms with E-state index in [1.54, 1.807) is 0 Å². The van der Waals surface area contributed by atoms with Crippen molar-refractivity contribution < 1.29 is 14.3 Å². The number of alkyl carbamates (subject to hydrolysis) is 1. The maximum Gasteiger partial charge on any atom is 0.406 e. The number of amides is 2. The van der Waals surface area contributed by atoms with Crippen LogP contribution in [0.3, 0.4) is 0 Å². The van der Waals surface area contributed by atoms with Gasteiger partial charge in [0.2, 0.25) is 5.91 Å². The van der Waals surface area contributed by atoms with Crippen LogP contribution in [0.25, 0.3) is 0 Å². The number of carbonyl (C=O) groups is 2. The number of rotatable bonds is 5. The van der Waals surface area contributed by atoms with Crippen molar-refractivity contribution in [3.8, 4) is 0 Å². The topological polar surface area (TPSA) is 58.6 Å². The predicted octanol–water partition coefficient (Wildman–Crippen LogP) is 2.92. The highest BCUT2D eigenvalue weighted by atomic mass is 16.5. The maximum absolute atomic E-state index is 12.5. The van der Waals surface area contributed by atoms with Crippen LogP contribution in [0.5, 0.6) is 0 Å². The van der Waals surface area contributed by atoms with Gasteiger partial charge in [-0.1, -0.05) is 30.3 Å². The monoisotopic (exact) mass is 318 g/mol. The first-order chi connectivity index (χ1) is 11.0. The summed E-state index contributed by atoms with van der Waals surface area (Å²) in [7, 11) is 1.33. The Morgan fingerprint density at radius 3 is 2.61 bits per heavy atom. The fourth-order valence-corrected chi connectivity index (χ4v) is 3.49. The van der Waals surface area contributed by atoms with Gasteiger partial charge < -0.3 is 15.0 Å². The summed E-state index contributed by atoms with van der Waals surface area (Å²) in [5.41, 5.74) is 1.30. The van der Waals surface area contributed by atoms with E-state index in [4.69, 9.17) is 0 Å². The number of methoxy groups -OCH3 is 1. The highest BCUT2D eigenvalue weighted by Crippen LogP contribution is 2.37. The van der Waals surface area contributed by atoms with Gasteiger partial charge >= 0.3 is 6.09 Å². The van der Waals surface area contributed by atoms with Crippen LogP contribution in [0, 0.1) is 0 Å². The lowest BCUT2D eigenvalue weighted by molar-refractivity contribution is -0.133. The van der Waals surface area contributed by atoms with E-state index in [9.17, 15) is 9.59 Å². The van der Waals surface area contributed by atoms with Gasteiger partial charge in [-0.3, -0.25) is 4.79 Å². The molecule has 2 amide bonds. The Morgan fingerprint density at radius 1 is 1.26 bits per heavy atom. The van der Waals surface area contributed by atoms with E-state index in [-0.39, 0.29) is 18.0 Å². The Hall–Kier alpha value is -2.04. The maximum atomic E-state index is 12.5. The van der Waals surface area contributed by atoms with E-state index >= 15 is 0 Å². The number of carbonyl (C=O) groups excluding carboxylic acids is 2. The SMILES string of the molecule is COC(=O)NCCCC(=O)N1[C@H](C)C[C@@H](c2ccccc2)[C@H]1C.